The second kappa shape index (κ2) is 4.94. The predicted molar refractivity (Wildman–Crippen MR) is 74.0 cm³/mol. The highest BCUT2D eigenvalue weighted by atomic mass is 35.5. The Morgan fingerprint density at radius 3 is 2.79 bits per heavy atom. The van der Waals surface area contributed by atoms with E-state index in [1.807, 2.05) is 0 Å². The summed E-state index contributed by atoms with van der Waals surface area (Å²) < 4.78 is 1.67. The summed E-state index contributed by atoms with van der Waals surface area (Å²) >= 11 is 6.02. The zero-order valence-corrected chi connectivity index (χ0v) is 11.8. The fraction of sp³-hybridized carbons (Fsp3) is 0.583. The van der Waals surface area contributed by atoms with Gasteiger partial charge in [0, 0.05) is 18.2 Å². The van der Waals surface area contributed by atoms with Crippen molar-refractivity contribution in [1.82, 2.24) is 24.6 Å². The van der Waals surface area contributed by atoms with Crippen LogP contribution >= 0.6 is 11.6 Å². The Kier molecular flexibility index (Phi) is 3.28. The molecule has 1 aliphatic rings. The number of hydrogen-bond donors (Lipinski definition) is 1. The van der Waals surface area contributed by atoms with Crippen LogP contribution in [0.1, 0.15) is 33.1 Å². The maximum absolute atomic E-state index is 6.02. The van der Waals surface area contributed by atoms with E-state index in [4.69, 9.17) is 11.6 Å². The molecule has 0 aromatic carbocycles. The topological polar surface area (TPSA) is 58.3 Å². The van der Waals surface area contributed by atoms with Gasteiger partial charge >= 0.3 is 0 Å². The minimum Gasteiger partial charge on any atom is -0.302 e. The van der Waals surface area contributed by atoms with Gasteiger partial charge in [0.15, 0.2) is 0 Å². The molecule has 1 N–H and O–H groups in total. The van der Waals surface area contributed by atoms with Crippen LogP contribution in [0.2, 0.25) is 5.15 Å². The summed E-state index contributed by atoms with van der Waals surface area (Å²) in [7, 11) is 0. The zero-order chi connectivity index (χ0) is 13.4. The minimum atomic E-state index is 0.417. The van der Waals surface area contributed by atoms with Crippen LogP contribution in [0.15, 0.2) is 12.4 Å². The molecule has 2 aromatic rings. The summed E-state index contributed by atoms with van der Waals surface area (Å²) in [5.74, 6) is 1.31. The molecule has 0 spiro atoms. The first kappa shape index (κ1) is 12.6. The molecule has 2 unspecified atom stereocenters. The summed E-state index contributed by atoms with van der Waals surface area (Å²) in [6.45, 7) is 4.45. The molecule has 102 valence electrons. The third kappa shape index (κ3) is 2.37. The van der Waals surface area contributed by atoms with E-state index in [9.17, 15) is 0 Å². The second-order valence-electron chi connectivity index (χ2n) is 5.08. The molecule has 0 amide bonds. The van der Waals surface area contributed by atoms with Gasteiger partial charge in [-0.25, -0.2) is 5.01 Å². The Bertz CT molecular complexity index is 573. The first-order valence-corrected chi connectivity index (χ1v) is 6.94. The first-order chi connectivity index (χ1) is 9.15. The number of aromatic nitrogens is 4. The quantitative estimate of drug-likeness (QED) is 0.856. The van der Waals surface area contributed by atoms with E-state index in [0.717, 1.165) is 5.82 Å². The van der Waals surface area contributed by atoms with Gasteiger partial charge in [-0.1, -0.05) is 18.0 Å². The number of hydrogen-bond acceptors (Lipinski definition) is 5. The summed E-state index contributed by atoms with van der Waals surface area (Å²) in [5, 5.41) is 6.85. The minimum absolute atomic E-state index is 0.417. The molecule has 0 aliphatic carbocycles. The van der Waals surface area contributed by atoms with Crippen molar-refractivity contribution in [2.75, 3.05) is 5.43 Å². The maximum Gasteiger partial charge on any atom is 0.255 e. The van der Waals surface area contributed by atoms with Crippen LogP contribution in [0, 0.1) is 0 Å². The Labute approximate surface area is 116 Å². The average molecular weight is 281 g/mol. The highest BCUT2D eigenvalue weighted by molar-refractivity contribution is 6.29. The number of hydrazine groups is 1. The van der Waals surface area contributed by atoms with Gasteiger partial charge in [0.1, 0.15) is 17.3 Å². The van der Waals surface area contributed by atoms with Crippen molar-refractivity contribution in [3.8, 4) is 0 Å². The zero-order valence-electron chi connectivity index (χ0n) is 11.0. The number of rotatable bonds is 2. The highest BCUT2D eigenvalue weighted by Gasteiger charge is 2.25. The SMILES string of the molecule is CC1CCCC(C)N1Nc1cc(Cl)nc2ncnn12. The van der Waals surface area contributed by atoms with Crippen molar-refractivity contribution in [3.63, 3.8) is 0 Å². The molecule has 1 aliphatic heterocycles. The molecular formula is C12H17ClN6. The lowest BCUT2D eigenvalue weighted by molar-refractivity contribution is 0.134. The normalized spacial score (nSPS) is 24.8. The lowest BCUT2D eigenvalue weighted by atomic mass is 10.00. The molecule has 0 radical (unpaired) electrons. The van der Waals surface area contributed by atoms with Crippen molar-refractivity contribution in [2.45, 2.75) is 45.2 Å². The van der Waals surface area contributed by atoms with Gasteiger partial charge in [-0.2, -0.15) is 19.6 Å². The van der Waals surface area contributed by atoms with Gasteiger partial charge in [-0.15, -0.1) is 0 Å². The Hall–Kier alpha value is -1.40. The molecule has 7 heteroatoms. The fourth-order valence-electron chi connectivity index (χ4n) is 2.64. The largest absolute Gasteiger partial charge is 0.302 e. The van der Waals surface area contributed by atoms with Crippen LogP contribution in [-0.4, -0.2) is 36.7 Å². The van der Waals surface area contributed by atoms with E-state index < -0.39 is 0 Å². The molecule has 1 fully saturated rings. The third-order valence-corrected chi connectivity index (χ3v) is 3.85. The van der Waals surface area contributed by atoms with Gasteiger partial charge in [-0.3, -0.25) is 0 Å². The first-order valence-electron chi connectivity index (χ1n) is 6.56. The number of piperidine rings is 1. The van der Waals surface area contributed by atoms with E-state index in [1.54, 1.807) is 10.6 Å². The molecule has 3 rings (SSSR count). The smallest absolute Gasteiger partial charge is 0.255 e. The van der Waals surface area contributed by atoms with Crippen LogP contribution in [0.5, 0.6) is 0 Å². The number of fused-ring (bicyclic) bond motifs is 1. The van der Waals surface area contributed by atoms with E-state index in [-0.39, 0.29) is 0 Å². The van der Waals surface area contributed by atoms with E-state index in [2.05, 4.69) is 39.3 Å². The number of nitrogens with one attached hydrogen (secondary N) is 1. The predicted octanol–water partition coefficient (Wildman–Crippen LogP) is 2.37. The molecule has 2 atom stereocenters. The monoisotopic (exact) mass is 280 g/mol. The molecule has 2 aromatic heterocycles. The summed E-state index contributed by atoms with van der Waals surface area (Å²) in [6.07, 6.45) is 5.14. The number of nitrogens with zero attached hydrogens (tertiary/aromatic N) is 5. The molecule has 19 heavy (non-hydrogen) atoms. The summed E-state index contributed by atoms with van der Waals surface area (Å²) in [5.41, 5.74) is 3.42. The molecular weight excluding hydrogens is 264 g/mol. The highest BCUT2D eigenvalue weighted by Crippen LogP contribution is 2.24. The van der Waals surface area contributed by atoms with Gasteiger partial charge in [0.2, 0.25) is 0 Å². The molecule has 0 bridgehead atoms. The van der Waals surface area contributed by atoms with Crippen LogP contribution in [0.4, 0.5) is 5.82 Å². The van der Waals surface area contributed by atoms with Gasteiger partial charge < -0.3 is 5.43 Å². The molecule has 1 saturated heterocycles. The van der Waals surface area contributed by atoms with Crippen molar-refractivity contribution in [2.24, 2.45) is 0 Å². The second-order valence-corrected chi connectivity index (χ2v) is 5.47. The van der Waals surface area contributed by atoms with Gasteiger partial charge in [0.25, 0.3) is 5.78 Å². The van der Waals surface area contributed by atoms with Crippen molar-refractivity contribution >= 4 is 23.2 Å². The summed E-state index contributed by atoms with van der Waals surface area (Å²) in [6, 6.07) is 2.74. The van der Waals surface area contributed by atoms with Crippen molar-refractivity contribution in [3.05, 3.63) is 17.5 Å². The Morgan fingerprint density at radius 1 is 1.32 bits per heavy atom. The standard InChI is InChI=1S/C12H17ClN6/c1-8-4-3-5-9(2)18(8)17-11-6-10(13)16-12-14-7-15-19(11)12/h6-9,17H,3-5H2,1-2H3. The van der Waals surface area contributed by atoms with Gasteiger partial charge in [0.05, 0.1) is 0 Å². The van der Waals surface area contributed by atoms with Crippen LogP contribution in [0.25, 0.3) is 5.78 Å². The van der Waals surface area contributed by atoms with Crippen molar-refractivity contribution < 1.29 is 0 Å². The Morgan fingerprint density at radius 2 is 2.05 bits per heavy atom. The maximum atomic E-state index is 6.02. The molecule has 0 saturated carbocycles. The van der Waals surface area contributed by atoms with E-state index >= 15 is 0 Å². The van der Waals surface area contributed by atoms with Crippen molar-refractivity contribution in [1.29, 1.82) is 0 Å². The van der Waals surface area contributed by atoms with E-state index in [1.165, 1.54) is 25.6 Å². The van der Waals surface area contributed by atoms with E-state index in [0.29, 0.717) is 23.0 Å². The number of anilines is 1. The molecule has 3 heterocycles. The summed E-state index contributed by atoms with van der Waals surface area (Å²) in [4.78, 5) is 8.19. The third-order valence-electron chi connectivity index (χ3n) is 3.66. The van der Waals surface area contributed by atoms with Crippen LogP contribution in [0.3, 0.4) is 0 Å². The van der Waals surface area contributed by atoms with Gasteiger partial charge in [-0.05, 0) is 26.7 Å². The molecule has 6 nitrogen and oxygen atoms in total. The number of halogens is 1. The fourth-order valence-corrected chi connectivity index (χ4v) is 2.82. The van der Waals surface area contributed by atoms with Crippen LogP contribution < -0.4 is 5.43 Å². The average Bonchev–Trinajstić information content (AvgIpc) is 2.81. The lowest BCUT2D eigenvalue weighted by Gasteiger charge is -2.39. The van der Waals surface area contributed by atoms with Crippen LogP contribution in [-0.2, 0) is 0 Å². The lowest BCUT2D eigenvalue weighted by Crippen LogP contribution is -2.47. The Balaban J connectivity index is 1.93.